The number of nitrogens with one attached hydrogen (secondary N) is 1. The Morgan fingerprint density at radius 1 is 1.29 bits per heavy atom. The highest BCUT2D eigenvalue weighted by Gasteiger charge is 2.41. The van der Waals surface area contributed by atoms with Crippen LogP contribution >= 0.6 is 0 Å². The van der Waals surface area contributed by atoms with Crippen molar-refractivity contribution in [3.05, 3.63) is 41.6 Å². The highest BCUT2D eigenvalue weighted by Crippen LogP contribution is 2.42. The van der Waals surface area contributed by atoms with Crippen LogP contribution in [0.1, 0.15) is 42.1 Å². The number of ether oxygens (including phenoxy) is 2. The molecule has 9 nitrogen and oxygen atoms in total. The number of hydrogen-bond donors (Lipinski definition) is 1. The molecule has 1 aliphatic carbocycles. The summed E-state index contributed by atoms with van der Waals surface area (Å²) >= 11 is 0. The Hall–Kier alpha value is -3.43. The normalized spacial score (nSPS) is 24.9. The van der Waals surface area contributed by atoms with Crippen molar-refractivity contribution in [3.8, 4) is 11.6 Å². The van der Waals surface area contributed by atoms with E-state index in [0.717, 1.165) is 25.5 Å². The fourth-order valence-electron chi connectivity index (χ4n) is 4.69. The van der Waals surface area contributed by atoms with Gasteiger partial charge in [0.15, 0.2) is 17.2 Å². The SMILES string of the molecule is C[C@@H]1COc2ncc(F)cc2CN2c3nc4c(cnn4cc3O[C@H]3CCC[C@H]32)C(=O)N1. The summed E-state index contributed by atoms with van der Waals surface area (Å²) in [6, 6.07) is 1.26. The number of amides is 1. The predicted molar refractivity (Wildman–Crippen MR) is 108 cm³/mol. The molecule has 6 rings (SSSR count). The second-order valence-corrected chi connectivity index (χ2v) is 8.34. The summed E-state index contributed by atoms with van der Waals surface area (Å²) in [6.07, 6.45) is 7.35. The summed E-state index contributed by atoms with van der Waals surface area (Å²) in [4.78, 5) is 24.0. The summed E-state index contributed by atoms with van der Waals surface area (Å²) in [5.74, 6) is 0.861. The van der Waals surface area contributed by atoms with E-state index in [4.69, 9.17) is 14.5 Å². The summed E-state index contributed by atoms with van der Waals surface area (Å²) in [7, 11) is 0. The summed E-state index contributed by atoms with van der Waals surface area (Å²) in [6.45, 7) is 2.41. The summed E-state index contributed by atoms with van der Waals surface area (Å²) in [5.41, 5.74) is 1.46. The summed E-state index contributed by atoms with van der Waals surface area (Å²) < 4.78 is 27.8. The Bertz CT molecular complexity index is 1200. The van der Waals surface area contributed by atoms with E-state index in [1.807, 2.05) is 6.92 Å². The molecule has 3 aromatic heterocycles. The molecule has 1 saturated carbocycles. The van der Waals surface area contributed by atoms with Gasteiger partial charge in [0.25, 0.3) is 5.91 Å². The van der Waals surface area contributed by atoms with E-state index in [1.54, 1.807) is 10.7 Å². The lowest BCUT2D eigenvalue weighted by atomic mass is 10.1. The van der Waals surface area contributed by atoms with Gasteiger partial charge < -0.3 is 19.7 Å². The van der Waals surface area contributed by atoms with Crippen LogP contribution in [0.2, 0.25) is 0 Å². The Kier molecular flexibility index (Phi) is 4.02. The van der Waals surface area contributed by atoms with Crippen molar-refractivity contribution in [2.24, 2.45) is 0 Å². The number of halogens is 1. The van der Waals surface area contributed by atoms with E-state index in [-0.39, 0.29) is 30.7 Å². The van der Waals surface area contributed by atoms with E-state index >= 15 is 0 Å². The van der Waals surface area contributed by atoms with Gasteiger partial charge in [0.05, 0.1) is 37.2 Å². The molecule has 1 amide bonds. The molecular formula is C21H21FN6O3. The van der Waals surface area contributed by atoms with E-state index in [2.05, 4.69) is 20.3 Å². The van der Waals surface area contributed by atoms with Gasteiger partial charge in [-0.2, -0.15) is 5.10 Å². The average molecular weight is 424 g/mol. The Morgan fingerprint density at radius 2 is 2.19 bits per heavy atom. The number of pyridine rings is 1. The molecule has 1 fully saturated rings. The van der Waals surface area contributed by atoms with Gasteiger partial charge in [-0.3, -0.25) is 4.79 Å². The van der Waals surface area contributed by atoms with Gasteiger partial charge in [0.2, 0.25) is 5.88 Å². The third-order valence-corrected chi connectivity index (χ3v) is 6.13. The lowest BCUT2D eigenvalue weighted by Crippen LogP contribution is -2.47. The molecule has 5 heterocycles. The molecule has 0 unspecified atom stereocenters. The lowest BCUT2D eigenvalue weighted by Gasteiger charge is -2.39. The number of hydrogen-bond acceptors (Lipinski definition) is 7. The topological polar surface area (TPSA) is 93.9 Å². The van der Waals surface area contributed by atoms with Crippen molar-refractivity contribution < 1.29 is 18.7 Å². The van der Waals surface area contributed by atoms with E-state index < -0.39 is 5.82 Å². The fraction of sp³-hybridized carbons (Fsp3) is 0.429. The van der Waals surface area contributed by atoms with Crippen molar-refractivity contribution in [1.82, 2.24) is 24.9 Å². The third kappa shape index (κ3) is 2.96. The second kappa shape index (κ2) is 6.79. The number of fused-ring (bicyclic) bond motifs is 3. The highest BCUT2D eigenvalue weighted by atomic mass is 19.1. The zero-order chi connectivity index (χ0) is 21.1. The first-order valence-electron chi connectivity index (χ1n) is 10.5. The van der Waals surface area contributed by atoms with Crippen LogP contribution in [0, 0.1) is 5.82 Å². The second-order valence-electron chi connectivity index (χ2n) is 8.34. The smallest absolute Gasteiger partial charge is 0.257 e. The minimum atomic E-state index is -0.425. The van der Waals surface area contributed by atoms with Gasteiger partial charge in [-0.15, -0.1) is 0 Å². The number of nitrogens with zero attached hydrogens (tertiary/aromatic N) is 5. The molecule has 3 aromatic rings. The zero-order valence-corrected chi connectivity index (χ0v) is 16.9. The third-order valence-electron chi connectivity index (χ3n) is 6.13. The minimum Gasteiger partial charge on any atom is -0.483 e. The highest BCUT2D eigenvalue weighted by molar-refractivity contribution is 6.00. The van der Waals surface area contributed by atoms with Gasteiger partial charge in [-0.1, -0.05) is 0 Å². The number of aromatic nitrogens is 4. The minimum absolute atomic E-state index is 0.0201. The van der Waals surface area contributed by atoms with E-state index in [1.165, 1.54) is 12.3 Å². The maximum atomic E-state index is 14.1. The Labute approximate surface area is 177 Å². The van der Waals surface area contributed by atoms with E-state index in [0.29, 0.717) is 40.8 Å². The van der Waals surface area contributed by atoms with Gasteiger partial charge in [-0.25, -0.2) is 18.9 Å². The van der Waals surface area contributed by atoms with Crippen molar-refractivity contribution in [2.45, 2.75) is 50.9 Å². The van der Waals surface area contributed by atoms with Crippen molar-refractivity contribution in [2.75, 3.05) is 11.5 Å². The van der Waals surface area contributed by atoms with E-state index in [9.17, 15) is 9.18 Å². The van der Waals surface area contributed by atoms with Gasteiger partial charge in [-0.05, 0) is 32.3 Å². The van der Waals surface area contributed by atoms with Crippen LogP contribution in [0.3, 0.4) is 0 Å². The molecule has 160 valence electrons. The quantitative estimate of drug-likeness (QED) is 0.591. The van der Waals surface area contributed by atoms with Gasteiger partial charge in [0, 0.05) is 5.56 Å². The van der Waals surface area contributed by atoms with Crippen LogP contribution in [0.15, 0.2) is 24.7 Å². The molecule has 3 aliphatic rings. The molecule has 3 atom stereocenters. The molecule has 2 aliphatic heterocycles. The average Bonchev–Trinajstić information content (AvgIpc) is 3.37. The van der Waals surface area contributed by atoms with Crippen molar-refractivity contribution in [1.29, 1.82) is 0 Å². The Balaban J connectivity index is 1.56. The molecule has 0 spiro atoms. The molecule has 10 heteroatoms. The first kappa shape index (κ1) is 18.3. The number of rotatable bonds is 0. The first-order chi connectivity index (χ1) is 15.1. The number of carbonyl (C=O) groups excluding carboxylic acids is 1. The monoisotopic (exact) mass is 424 g/mol. The molecule has 0 saturated heterocycles. The van der Waals surface area contributed by atoms with Gasteiger partial charge >= 0.3 is 0 Å². The molecule has 0 aromatic carbocycles. The van der Waals surface area contributed by atoms with Crippen molar-refractivity contribution >= 4 is 17.4 Å². The van der Waals surface area contributed by atoms with Crippen LogP contribution in [0.25, 0.3) is 5.65 Å². The zero-order valence-electron chi connectivity index (χ0n) is 16.9. The summed E-state index contributed by atoms with van der Waals surface area (Å²) in [5, 5.41) is 7.21. The first-order valence-corrected chi connectivity index (χ1v) is 10.5. The maximum absolute atomic E-state index is 14.1. The molecule has 0 radical (unpaired) electrons. The molecular weight excluding hydrogens is 403 g/mol. The molecule has 2 bridgehead atoms. The van der Waals surface area contributed by atoms with Crippen LogP contribution in [-0.4, -0.2) is 50.3 Å². The number of anilines is 1. The molecule has 31 heavy (non-hydrogen) atoms. The lowest BCUT2D eigenvalue weighted by molar-refractivity contribution is 0.0927. The van der Waals surface area contributed by atoms with Crippen LogP contribution < -0.4 is 19.7 Å². The standard InChI is InChI=1S/C21H21FN6O3/c1-11-10-30-21-12(5-13(22)6-23-21)8-27-15-3-2-4-16(15)31-17-9-28-18(26-19(17)27)14(7-24-28)20(29)25-11/h5-7,9,11,15-16H,2-4,8,10H2,1H3,(H,25,29)/t11-,15-,16+/m1/s1. The Morgan fingerprint density at radius 3 is 3.10 bits per heavy atom. The van der Waals surface area contributed by atoms with Gasteiger partial charge in [0.1, 0.15) is 24.1 Å². The van der Waals surface area contributed by atoms with Crippen LogP contribution in [0.4, 0.5) is 10.2 Å². The van der Waals surface area contributed by atoms with Crippen LogP contribution in [0.5, 0.6) is 11.6 Å². The number of carbonyl (C=O) groups is 1. The fourth-order valence-corrected chi connectivity index (χ4v) is 4.69. The van der Waals surface area contributed by atoms with Crippen LogP contribution in [-0.2, 0) is 6.54 Å². The molecule has 1 N–H and O–H groups in total. The van der Waals surface area contributed by atoms with Crippen molar-refractivity contribution in [3.63, 3.8) is 0 Å². The predicted octanol–water partition coefficient (Wildman–Crippen LogP) is 2.09. The largest absolute Gasteiger partial charge is 0.483 e. The maximum Gasteiger partial charge on any atom is 0.257 e.